The van der Waals surface area contributed by atoms with Crippen molar-refractivity contribution in [2.24, 2.45) is 5.92 Å². The monoisotopic (exact) mass is 164 g/mol. The molecule has 0 bridgehead atoms. The lowest BCUT2D eigenvalue weighted by atomic mass is 9.96. The average molecular weight is 164 g/mol. The molecule has 0 amide bonds. The van der Waals surface area contributed by atoms with Crippen molar-refractivity contribution in [2.75, 3.05) is 0 Å². The molecular formula is C8H14F2O. The van der Waals surface area contributed by atoms with E-state index < -0.39 is 17.9 Å². The van der Waals surface area contributed by atoms with Crippen LogP contribution in [-0.4, -0.2) is 18.1 Å². The van der Waals surface area contributed by atoms with Crippen molar-refractivity contribution in [3.63, 3.8) is 0 Å². The van der Waals surface area contributed by atoms with Gasteiger partial charge in [-0.05, 0) is 13.3 Å². The van der Waals surface area contributed by atoms with Crippen LogP contribution >= 0.6 is 0 Å². The number of halogens is 2. The van der Waals surface area contributed by atoms with Crippen LogP contribution in [0, 0.1) is 5.92 Å². The molecule has 0 aromatic rings. The Morgan fingerprint density at radius 2 is 1.91 bits per heavy atom. The van der Waals surface area contributed by atoms with Gasteiger partial charge in [0.25, 0.3) is 5.92 Å². The van der Waals surface area contributed by atoms with Crippen molar-refractivity contribution in [1.82, 2.24) is 0 Å². The van der Waals surface area contributed by atoms with Crippen LogP contribution in [0.4, 0.5) is 8.78 Å². The van der Waals surface area contributed by atoms with E-state index >= 15 is 0 Å². The smallest absolute Gasteiger partial charge is 0.278 e. The molecule has 0 aromatic carbocycles. The lowest BCUT2D eigenvalue weighted by molar-refractivity contribution is -0.0770. The molecular weight excluding hydrogens is 150 g/mol. The molecule has 1 rings (SSSR count). The van der Waals surface area contributed by atoms with Gasteiger partial charge in [-0.2, -0.15) is 0 Å². The standard InChI is InChI=1S/C8H14F2O/c1-4-7-5(2)8(9,10)6(3)11-7/h5-7H,4H2,1-3H3/t5?,6-,7+/m0/s1. The zero-order valence-corrected chi connectivity index (χ0v) is 7.10. The second-order valence-electron chi connectivity index (χ2n) is 3.19. The lowest BCUT2D eigenvalue weighted by Gasteiger charge is -2.17. The Morgan fingerprint density at radius 1 is 1.36 bits per heavy atom. The summed E-state index contributed by atoms with van der Waals surface area (Å²) in [6.45, 7) is 4.86. The van der Waals surface area contributed by atoms with Gasteiger partial charge in [0.15, 0.2) is 0 Å². The molecule has 0 N–H and O–H groups in total. The van der Waals surface area contributed by atoms with E-state index in [-0.39, 0.29) is 6.10 Å². The van der Waals surface area contributed by atoms with E-state index in [2.05, 4.69) is 0 Å². The van der Waals surface area contributed by atoms with E-state index in [1.807, 2.05) is 6.92 Å². The maximum Gasteiger partial charge on any atom is 0.278 e. The molecule has 1 fully saturated rings. The van der Waals surface area contributed by atoms with Gasteiger partial charge >= 0.3 is 0 Å². The van der Waals surface area contributed by atoms with Gasteiger partial charge in [-0.15, -0.1) is 0 Å². The third-order valence-corrected chi connectivity index (χ3v) is 2.49. The number of rotatable bonds is 1. The summed E-state index contributed by atoms with van der Waals surface area (Å²) in [7, 11) is 0. The largest absolute Gasteiger partial charge is 0.369 e. The highest BCUT2D eigenvalue weighted by atomic mass is 19.3. The summed E-state index contributed by atoms with van der Waals surface area (Å²) in [5.74, 6) is -3.27. The molecule has 66 valence electrons. The first-order chi connectivity index (χ1) is 5.00. The van der Waals surface area contributed by atoms with Crippen molar-refractivity contribution in [3.8, 4) is 0 Å². The minimum Gasteiger partial charge on any atom is -0.369 e. The fraction of sp³-hybridized carbons (Fsp3) is 1.00. The molecule has 0 spiro atoms. The fourth-order valence-corrected chi connectivity index (χ4v) is 1.54. The van der Waals surface area contributed by atoms with Gasteiger partial charge in [-0.25, -0.2) is 8.78 Å². The van der Waals surface area contributed by atoms with Gasteiger partial charge in [0.1, 0.15) is 6.10 Å². The van der Waals surface area contributed by atoms with Gasteiger partial charge < -0.3 is 4.74 Å². The van der Waals surface area contributed by atoms with Gasteiger partial charge in [0, 0.05) is 5.92 Å². The molecule has 0 saturated carbocycles. The average Bonchev–Trinajstić information content (AvgIpc) is 2.14. The first-order valence-corrected chi connectivity index (χ1v) is 4.03. The molecule has 1 unspecified atom stereocenters. The first kappa shape index (κ1) is 8.91. The molecule has 3 heteroatoms. The van der Waals surface area contributed by atoms with Crippen LogP contribution in [0.3, 0.4) is 0 Å². The summed E-state index contributed by atoms with van der Waals surface area (Å²) >= 11 is 0. The van der Waals surface area contributed by atoms with Crippen LogP contribution < -0.4 is 0 Å². The van der Waals surface area contributed by atoms with E-state index in [4.69, 9.17) is 4.74 Å². The predicted molar refractivity (Wildman–Crippen MR) is 38.7 cm³/mol. The van der Waals surface area contributed by atoms with Crippen LogP contribution in [0.2, 0.25) is 0 Å². The van der Waals surface area contributed by atoms with Crippen molar-refractivity contribution in [2.45, 2.75) is 45.3 Å². The summed E-state index contributed by atoms with van der Waals surface area (Å²) in [5, 5.41) is 0. The molecule has 1 aliphatic rings. The van der Waals surface area contributed by atoms with Crippen molar-refractivity contribution in [1.29, 1.82) is 0 Å². The minimum absolute atomic E-state index is 0.264. The molecule has 0 radical (unpaired) electrons. The predicted octanol–water partition coefficient (Wildman–Crippen LogP) is 2.46. The highest BCUT2D eigenvalue weighted by molar-refractivity contribution is 4.91. The second-order valence-corrected chi connectivity index (χ2v) is 3.19. The normalized spacial score (nSPS) is 42.8. The number of hydrogen-bond donors (Lipinski definition) is 0. The van der Waals surface area contributed by atoms with Gasteiger partial charge in [0.05, 0.1) is 6.10 Å². The van der Waals surface area contributed by atoms with Crippen LogP contribution in [0.25, 0.3) is 0 Å². The Balaban J connectivity index is 2.71. The Kier molecular flexibility index (Phi) is 2.19. The van der Waals surface area contributed by atoms with Crippen LogP contribution in [0.1, 0.15) is 27.2 Å². The van der Waals surface area contributed by atoms with Gasteiger partial charge in [-0.3, -0.25) is 0 Å². The topological polar surface area (TPSA) is 9.23 Å². The number of hydrogen-bond acceptors (Lipinski definition) is 1. The van der Waals surface area contributed by atoms with Crippen LogP contribution in [0.5, 0.6) is 0 Å². The van der Waals surface area contributed by atoms with Crippen molar-refractivity contribution >= 4 is 0 Å². The highest BCUT2D eigenvalue weighted by Gasteiger charge is 2.53. The van der Waals surface area contributed by atoms with E-state index in [1.54, 1.807) is 6.92 Å². The SMILES string of the molecule is CC[C@H]1O[C@@H](C)C(F)(F)C1C. The quantitative estimate of drug-likeness (QED) is 0.578. The van der Waals surface area contributed by atoms with Gasteiger partial charge in [0.2, 0.25) is 0 Å². The number of ether oxygens (including phenoxy) is 1. The molecule has 0 aromatic heterocycles. The molecule has 1 saturated heterocycles. The van der Waals surface area contributed by atoms with Crippen LogP contribution in [-0.2, 0) is 4.74 Å². The minimum atomic E-state index is -2.64. The summed E-state index contributed by atoms with van der Waals surface area (Å²) in [6, 6.07) is 0. The summed E-state index contributed by atoms with van der Waals surface area (Å²) in [4.78, 5) is 0. The number of alkyl halides is 2. The summed E-state index contributed by atoms with van der Waals surface area (Å²) in [6.07, 6.45) is -0.511. The second kappa shape index (κ2) is 2.70. The molecule has 3 atom stereocenters. The molecule has 11 heavy (non-hydrogen) atoms. The van der Waals surface area contributed by atoms with E-state index in [0.29, 0.717) is 6.42 Å². The fourth-order valence-electron chi connectivity index (χ4n) is 1.54. The van der Waals surface area contributed by atoms with E-state index in [1.165, 1.54) is 6.92 Å². The van der Waals surface area contributed by atoms with E-state index in [9.17, 15) is 8.78 Å². The Morgan fingerprint density at radius 3 is 2.09 bits per heavy atom. The lowest BCUT2D eigenvalue weighted by Crippen LogP contribution is -2.31. The molecule has 1 aliphatic heterocycles. The van der Waals surface area contributed by atoms with E-state index in [0.717, 1.165) is 0 Å². The summed E-state index contributed by atoms with van der Waals surface area (Å²) in [5.41, 5.74) is 0. The zero-order valence-electron chi connectivity index (χ0n) is 7.10. The Bertz CT molecular complexity index is 147. The Labute approximate surface area is 65.7 Å². The maximum atomic E-state index is 13.0. The zero-order chi connectivity index (χ0) is 8.65. The summed E-state index contributed by atoms with van der Waals surface area (Å²) < 4.78 is 31.2. The van der Waals surface area contributed by atoms with Crippen molar-refractivity contribution in [3.05, 3.63) is 0 Å². The van der Waals surface area contributed by atoms with Gasteiger partial charge in [-0.1, -0.05) is 13.8 Å². The molecule has 1 nitrogen and oxygen atoms in total. The maximum absolute atomic E-state index is 13.0. The van der Waals surface area contributed by atoms with Crippen LogP contribution in [0.15, 0.2) is 0 Å². The molecule has 1 heterocycles. The van der Waals surface area contributed by atoms with Crippen molar-refractivity contribution < 1.29 is 13.5 Å². The first-order valence-electron chi connectivity index (χ1n) is 4.03. The third kappa shape index (κ3) is 1.26. The third-order valence-electron chi connectivity index (χ3n) is 2.49. The Hall–Kier alpha value is -0.180. The molecule has 0 aliphatic carbocycles. The highest BCUT2D eigenvalue weighted by Crippen LogP contribution is 2.41.